The first-order valence-corrected chi connectivity index (χ1v) is 6.13. The Balaban J connectivity index is 2.13. The maximum absolute atomic E-state index is 5.92. The van der Waals surface area contributed by atoms with Crippen molar-refractivity contribution in [1.29, 1.82) is 0 Å². The van der Waals surface area contributed by atoms with Gasteiger partial charge in [-0.2, -0.15) is 0 Å². The van der Waals surface area contributed by atoms with E-state index in [0.29, 0.717) is 5.92 Å². The molecule has 0 saturated heterocycles. The minimum absolute atomic E-state index is 0.234. The lowest BCUT2D eigenvalue weighted by molar-refractivity contribution is 0.0250. The third-order valence-corrected chi connectivity index (χ3v) is 3.58. The maximum atomic E-state index is 5.92. The van der Waals surface area contributed by atoms with Crippen LogP contribution in [0.1, 0.15) is 37.5 Å². The molecule has 3 unspecified atom stereocenters. The molecule has 2 rings (SSSR count). The third-order valence-electron chi connectivity index (χ3n) is 3.58. The average molecular weight is 219 g/mol. The molecule has 1 aromatic rings. The van der Waals surface area contributed by atoms with Gasteiger partial charge < -0.3 is 10.5 Å². The number of ether oxygens (including phenoxy) is 1. The third kappa shape index (κ3) is 2.45. The van der Waals surface area contributed by atoms with Gasteiger partial charge in [0.15, 0.2) is 0 Å². The van der Waals surface area contributed by atoms with Crippen molar-refractivity contribution < 1.29 is 4.74 Å². The monoisotopic (exact) mass is 219 g/mol. The van der Waals surface area contributed by atoms with Gasteiger partial charge in [-0.05, 0) is 36.8 Å². The second-order valence-electron chi connectivity index (χ2n) is 4.88. The summed E-state index contributed by atoms with van der Waals surface area (Å²) in [5, 5.41) is 0. The zero-order chi connectivity index (χ0) is 11.5. The predicted octanol–water partition coefficient (Wildman–Crippen LogP) is 2.67. The van der Waals surface area contributed by atoms with Crippen LogP contribution in [-0.4, -0.2) is 12.6 Å². The number of rotatable bonds is 3. The SMILES string of the molecule is CC(N)C(C)CC1OCCc2ccccc21. The molecule has 0 aromatic heterocycles. The lowest BCUT2D eigenvalue weighted by atomic mass is 9.89. The van der Waals surface area contributed by atoms with E-state index in [1.165, 1.54) is 11.1 Å². The van der Waals surface area contributed by atoms with Gasteiger partial charge in [0, 0.05) is 6.04 Å². The Morgan fingerprint density at radius 3 is 2.88 bits per heavy atom. The molecule has 2 heteroatoms. The van der Waals surface area contributed by atoms with Crippen molar-refractivity contribution >= 4 is 0 Å². The van der Waals surface area contributed by atoms with Gasteiger partial charge >= 0.3 is 0 Å². The van der Waals surface area contributed by atoms with Crippen molar-refractivity contribution in [3.8, 4) is 0 Å². The van der Waals surface area contributed by atoms with Crippen LogP contribution in [0.3, 0.4) is 0 Å². The molecule has 16 heavy (non-hydrogen) atoms. The van der Waals surface area contributed by atoms with E-state index in [4.69, 9.17) is 10.5 Å². The van der Waals surface area contributed by atoms with Crippen molar-refractivity contribution in [1.82, 2.24) is 0 Å². The van der Waals surface area contributed by atoms with E-state index < -0.39 is 0 Å². The molecule has 3 atom stereocenters. The largest absolute Gasteiger partial charge is 0.373 e. The first-order valence-electron chi connectivity index (χ1n) is 6.13. The number of benzene rings is 1. The van der Waals surface area contributed by atoms with Crippen LogP contribution in [0, 0.1) is 5.92 Å². The zero-order valence-electron chi connectivity index (χ0n) is 10.1. The molecular formula is C14H21NO. The van der Waals surface area contributed by atoms with Crippen LogP contribution in [0.15, 0.2) is 24.3 Å². The highest BCUT2D eigenvalue weighted by molar-refractivity contribution is 5.30. The van der Waals surface area contributed by atoms with Gasteiger partial charge in [-0.15, -0.1) is 0 Å². The Bertz CT molecular complexity index is 348. The lowest BCUT2D eigenvalue weighted by Gasteiger charge is -2.29. The van der Waals surface area contributed by atoms with E-state index >= 15 is 0 Å². The highest BCUT2D eigenvalue weighted by atomic mass is 16.5. The van der Waals surface area contributed by atoms with E-state index in [1.807, 2.05) is 0 Å². The summed E-state index contributed by atoms with van der Waals surface area (Å²) in [5.41, 5.74) is 8.72. The van der Waals surface area contributed by atoms with Gasteiger partial charge in [0.05, 0.1) is 12.7 Å². The highest BCUT2D eigenvalue weighted by Gasteiger charge is 2.23. The van der Waals surface area contributed by atoms with Crippen molar-refractivity contribution in [2.75, 3.05) is 6.61 Å². The topological polar surface area (TPSA) is 35.2 Å². The van der Waals surface area contributed by atoms with Crippen molar-refractivity contribution in [3.63, 3.8) is 0 Å². The Labute approximate surface area is 97.8 Å². The Morgan fingerprint density at radius 2 is 2.12 bits per heavy atom. The molecule has 0 amide bonds. The zero-order valence-corrected chi connectivity index (χ0v) is 10.1. The molecule has 0 aliphatic carbocycles. The predicted molar refractivity (Wildman–Crippen MR) is 66.3 cm³/mol. The minimum atomic E-state index is 0.234. The van der Waals surface area contributed by atoms with Crippen LogP contribution in [0.2, 0.25) is 0 Å². The fourth-order valence-electron chi connectivity index (χ4n) is 2.22. The number of fused-ring (bicyclic) bond motifs is 1. The van der Waals surface area contributed by atoms with Gasteiger partial charge in [0.2, 0.25) is 0 Å². The van der Waals surface area contributed by atoms with Crippen LogP contribution in [0.5, 0.6) is 0 Å². The molecule has 0 spiro atoms. The molecule has 0 bridgehead atoms. The van der Waals surface area contributed by atoms with E-state index in [9.17, 15) is 0 Å². The molecule has 2 N–H and O–H groups in total. The average Bonchev–Trinajstić information content (AvgIpc) is 2.29. The van der Waals surface area contributed by atoms with Crippen LogP contribution in [0.4, 0.5) is 0 Å². The molecule has 1 aliphatic rings. The van der Waals surface area contributed by atoms with E-state index in [2.05, 4.69) is 38.1 Å². The molecular weight excluding hydrogens is 198 g/mol. The molecule has 88 valence electrons. The summed E-state index contributed by atoms with van der Waals surface area (Å²) in [6, 6.07) is 8.83. The molecule has 0 saturated carbocycles. The molecule has 2 nitrogen and oxygen atoms in total. The second-order valence-corrected chi connectivity index (χ2v) is 4.88. The van der Waals surface area contributed by atoms with Crippen molar-refractivity contribution in [3.05, 3.63) is 35.4 Å². The standard InChI is InChI=1S/C14H21NO/c1-10(11(2)15)9-14-13-6-4-3-5-12(13)7-8-16-14/h3-6,10-11,14H,7-9,15H2,1-2H3. The van der Waals surface area contributed by atoms with Crippen LogP contribution in [-0.2, 0) is 11.2 Å². The smallest absolute Gasteiger partial charge is 0.0830 e. The van der Waals surface area contributed by atoms with Gasteiger partial charge in [0.1, 0.15) is 0 Å². The number of nitrogens with two attached hydrogens (primary N) is 1. The fourth-order valence-corrected chi connectivity index (χ4v) is 2.22. The first-order chi connectivity index (χ1) is 7.68. The quantitative estimate of drug-likeness (QED) is 0.848. The minimum Gasteiger partial charge on any atom is -0.373 e. The summed E-state index contributed by atoms with van der Waals surface area (Å²) < 4.78 is 5.87. The molecule has 1 aliphatic heterocycles. The number of hydrogen-bond acceptors (Lipinski definition) is 2. The van der Waals surface area contributed by atoms with E-state index in [0.717, 1.165) is 19.4 Å². The fraction of sp³-hybridized carbons (Fsp3) is 0.571. The lowest BCUT2D eigenvalue weighted by Crippen LogP contribution is -2.27. The number of hydrogen-bond donors (Lipinski definition) is 1. The first kappa shape index (κ1) is 11.6. The van der Waals surface area contributed by atoms with E-state index in [1.54, 1.807) is 0 Å². The molecule has 0 radical (unpaired) electrons. The highest BCUT2D eigenvalue weighted by Crippen LogP contribution is 2.32. The second kappa shape index (κ2) is 4.98. The summed E-state index contributed by atoms with van der Waals surface area (Å²) in [7, 11) is 0. The van der Waals surface area contributed by atoms with Crippen LogP contribution >= 0.6 is 0 Å². The van der Waals surface area contributed by atoms with E-state index in [-0.39, 0.29) is 12.1 Å². The van der Waals surface area contributed by atoms with Crippen molar-refractivity contribution in [2.24, 2.45) is 11.7 Å². The summed E-state index contributed by atoms with van der Waals surface area (Å²) in [6.45, 7) is 5.11. The normalized spacial score (nSPS) is 23.6. The summed E-state index contributed by atoms with van der Waals surface area (Å²) in [5.74, 6) is 0.496. The Morgan fingerprint density at radius 1 is 1.38 bits per heavy atom. The Kier molecular flexibility index (Phi) is 3.62. The van der Waals surface area contributed by atoms with Gasteiger partial charge in [0.25, 0.3) is 0 Å². The summed E-state index contributed by atoms with van der Waals surface area (Å²) >= 11 is 0. The summed E-state index contributed by atoms with van der Waals surface area (Å²) in [4.78, 5) is 0. The van der Waals surface area contributed by atoms with Gasteiger partial charge in [-0.25, -0.2) is 0 Å². The van der Waals surface area contributed by atoms with Crippen LogP contribution < -0.4 is 5.73 Å². The molecule has 1 heterocycles. The summed E-state index contributed by atoms with van der Waals surface area (Å²) in [6.07, 6.45) is 2.31. The maximum Gasteiger partial charge on any atom is 0.0830 e. The van der Waals surface area contributed by atoms with Gasteiger partial charge in [-0.3, -0.25) is 0 Å². The van der Waals surface area contributed by atoms with Gasteiger partial charge in [-0.1, -0.05) is 31.2 Å². The molecule has 0 fully saturated rings. The van der Waals surface area contributed by atoms with Crippen molar-refractivity contribution in [2.45, 2.75) is 38.8 Å². The molecule has 1 aromatic carbocycles. The van der Waals surface area contributed by atoms with Crippen LogP contribution in [0.25, 0.3) is 0 Å². The Hall–Kier alpha value is -0.860.